The molecule has 0 aliphatic heterocycles. The second-order valence-corrected chi connectivity index (χ2v) is 3.73. The van der Waals surface area contributed by atoms with E-state index in [4.69, 9.17) is 4.74 Å². The van der Waals surface area contributed by atoms with Gasteiger partial charge in [-0.25, -0.2) is 4.79 Å². The highest BCUT2D eigenvalue weighted by atomic mass is 16.5. The first-order chi connectivity index (χ1) is 8.51. The average molecular weight is 252 g/mol. The van der Waals surface area contributed by atoms with Crippen molar-refractivity contribution in [2.24, 2.45) is 0 Å². The van der Waals surface area contributed by atoms with E-state index < -0.39 is 0 Å². The maximum atomic E-state index is 10.9. The van der Waals surface area contributed by atoms with Crippen LogP contribution in [0.15, 0.2) is 37.0 Å². The summed E-state index contributed by atoms with van der Waals surface area (Å²) >= 11 is 0. The van der Waals surface area contributed by atoms with Crippen LogP contribution in [0.25, 0.3) is 0 Å². The minimum absolute atomic E-state index is 0.340. The van der Waals surface area contributed by atoms with Crippen LogP contribution in [0.3, 0.4) is 0 Å². The second kappa shape index (κ2) is 9.22. The highest BCUT2D eigenvalue weighted by molar-refractivity contribution is 5.81. The number of esters is 2. The van der Waals surface area contributed by atoms with E-state index in [1.54, 1.807) is 12.2 Å². The molecule has 1 unspecified atom stereocenters. The lowest BCUT2D eigenvalue weighted by atomic mass is 10.1. The topological polar surface area (TPSA) is 52.6 Å². The summed E-state index contributed by atoms with van der Waals surface area (Å²) in [7, 11) is 1.33. The molecule has 100 valence electrons. The first-order valence-corrected chi connectivity index (χ1v) is 5.74. The predicted molar refractivity (Wildman–Crippen MR) is 69.9 cm³/mol. The van der Waals surface area contributed by atoms with Crippen molar-refractivity contribution in [3.8, 4) is 0 Å². The van der Waals surface area contributed by atoms with Gasteiger partial charge in [-0.15, -0.1) is 0 Å². The zero-order valence-corrected chi connectivity index (χ0v) is 11.0. The van der Waals surface area contributed by atoms with E-state index in [-0.39, 0.29) is 18.0 Å². The van der Waals surface area contributed by atoms with Gasteiger partial charge in [-0.2, -0.15) is 0 Å². The molecule has 0 saturated carbocycles. The third kappa shape index (κ3) is 7.44. The summed E-state index contributed by atoms with van der Waals surface area (Å²) in [5.41, 5.74) is 0.683. The monoisotopic (exact) mass is 252 g/mol. The molecule has 0 aromatic carbocycles. The number of rotatable bonds is 8. The van der Waals surface area contributed by atoms with Gasteiger partial charge in [0.2, 0.25) is 0 Å². The Morgan fingerprint density at radius 1 is 1.39 bits per heavy atom. The van der Waals surface area contributed by atoms with Gasteiger partial charge in [0.15, 0.2) is 0 Å². The Labute approximate surface area is 108 Å². The van der Waals surface area contributed by atoms with E-state index in [2.05, 4.69) is 17.9 Å². The maximum Gasteiger partial charge on any atom is 0.330 e. The molecule has 0 radical (unpaired) electrons. The minimum atomic E-state index is -0.373. The van der Waals surface area contributed by atoms with Gasteiger partial charge in [-0.05, 0) is 24.8 Å². The number of methoxy groups -OCH3 is 1. The molecule has 0 aliphatic carbocycles. The fourth-order valence-electron chi connectivity index (χ4n) is 1.32. The van der Waals surface area contributed by atoms with Crippen LogP contribution >= 0.6 is 0 Å². The number of allylic oxidation sites excluding steroid dienone is 1. The van der Waals surface area contributed by atoms with E-state index in [1.807, 2.05) is 0 Å². The quantitative estimate of drug-likeness (QED) is 0.288. The standard InChI is InChI=1S/C14H20O4/c1-5-11(2)13(18-12(3)15)9-7-6-8-10-14(16)17-4/h5,8,10,13H,1-2,6-7,9H2,3-4H3/b10-8+. The number of carbonyl (C=O) groups is 2. The molecule has 0 amide bonds. The van der Waals surface area contributed by atoms with Crippen LogP contribution in [0.1, 0.15) is 26.2 Å². The first-order valence-electron chi connectivity index (χ1n) is 5.74. The fourth-order valence-corrected chi connectivity index (χ4v) is 1.32. The minimum Gasteiger partial charge on any atom is -0.466 e. The lowest BCUT2D eigenvalue weighted by Gasteiger charge is -2.16. The molecule has 1 atom stereocenters. The number of carbonyl (C=O) groups excluding carboxylic acids is 2. The van der Waals surface area contributed by atoms with Crippen LogP contribution in [0.5, 0.6) is 0 Å². The normalized spacial score (nSPS) is 11.9. The molecule has 4 heteroatoms. The van der Waals surface area contributed by atoms with Crippen molar-refractivity contribution in [1.29, 1.82) is 0 Å². The third-order valence-electron chi connectivity index (χ3n) is 2.28. The Morgan fingerprint density at radius 3 is 2.56 bits per heavy atom. The summed E-state index contributed by atoms with van der Waals surface area (Å²) in [6.07, 6.45) is 6.48. The number of hydrogen-bond donors (Lipinski definition) is 0. The van der Waals surface area contributed by atoms with Crippen molar-refractivity contribution in [3.63, 3.8) is 0 Å². The molecule has 0 spiro atoms. The summed E-state index contributed by atoms with van der Waals surface area (Å²) in [4.78, 5) is 21.7. The highest BCUT2D eigenvalue weighted by Crippen LogP contribution is 2.14. The van der Waals surface area contributed by atoms with Gasteiger partial charge in [0, 0.05) is 13.0 Å². The molecule has 0 saturated heterocycles. The molecular weight excluding hydrogens is 232 g/mol. The van der Waals surface area contributed by atoms with Crippen molar-refractivity contribution in [3.05, 3.63) is 37.0 Å². The van der Waals surface area contributed by atoms with E-state index >= 15 is 0 Å². The van der Waals surface area contributed by atoms with Crippen LogP contribution < -0.4 is 0 Å². The molecule has 0 aromatic rings. The Hall–Kier alpha value is -1.84. The Kier molecular flexibility index (Phi) is 8.27. The van der Waals surface area contributed by atoms with E-state index in [9.17, 15) is 9.59 Å². The van der Waals surface area contributed by atoms with Crippen molar-refractivity contribution < 1.29 is 19.1 Å². The summed E-state index contributed by atoms with van der Waals surface area (Å²) in [6.45, 7) is 8.74. The largest absolute Gasteiger partial charge is 0.466 e. The highest BCUT2D eigenvalue weighted by Gasteiger charge is 2.12. The van der Waals surface area contributed by atoms with E-state index in [0.29, 0.717) is 18.4 Å². The van der Waals surface area contributed by atoms with Crippen molar-refractivity contribution >= 4 is 11.9 Å². The molecule has 0 bridgehead atoms. The molecular formula is C14H20O4. The van der Waals surface area contributed by atoms with E-state index in [0.717, 1.165) is 6.42 Å². The fraction of sp³-hybridized carbons (Fsp3) is 0.429. The summed E-state index contributed by atoms with van der Waals surface area (Å²) < 4.78 is 9.59. The Balaban J connectivity index is 4.08. The molecule has 18 heavy (non-hydrogen) atoms. The molecule has 0 N–H and O–H groups in total. The van der Waals surface area contributed by atoms with Crippen LogP contribution in [-0.2, 0) is 19.1 Å². The first kappa shape index (κ1) is 16.2. The zero-order valence-electron chi connectivity index (χ0n) is 11.0. The van der Waals surface area contributed by atoms with Gasteiger partial charge >= 0.3 is 11.9 Å². The summed E-state index contributed by atoms with van der Waals surface area (Å²) in [5, 5.41) is 0. The van der Waals surface area contributed by atoms with Crippen molar-refractivity contribution in [2.45, 2.75) is 32.3 Å². The molecule has 0 fully saturated rings. The number of hydrogen-bond acceptors (Lipinski definition) is 4. The molecule has 4 nitrogen and oxygen atoms in total. The smallest absolute Gasteiger partial charge is 0.330 e. The SMILES string of the molecule is C=CC(=C)C(CCC/C=C/C(=O)OC)OC(C)=O. The van der Waals surface area contributed by atoms with Gasteiger partial charge in [-0.3, -0.25) is 4.79 Å². The van der Waals surface area contributed by atoms with Crippen LogP contribution in [0.4, 0.5) is 0 Å². The van der Waals surface area contributed by atoms with Crippen molar-refractivity contribution in [1.82, 2.24) is 0 Å². The summed E-state index contributed by atoms with van der Waals surface area (Å²) in [5.74, 6) is -0.713. The summed E-state index contributed by atoms with van der Waals surface area (Å²) in [6, 6.07) is 0. The molecule has 0 aromatic heterocycles. The lowest BCUT2D eigenvalue weighted by molar-refractivity contribution is -0.144. The third-order valence-corrected chi connectivity index (χ3v) is 2.28. The zero-order chi connectivity index (χ0) is 14.0. The molecule has 0 rings (SSSR count). The van der Waals surface area contributed by atoms with Gasteiger partial charge in [0.1, 0.15) is 6.10 Å². The van der Waals surface area contributed by atoms with Crippen LogP contribution in [-0.4, -0.2) is 25.2 Å². The van der Waals surface area contributed by atoms with Gasteiger partial charge < -0.3 is 9.47 Å². The maximum absolute atomic E-state index is 10.9. The van der Waals surface area contributed by atoms with Crippen LogP contribution in [0, 0.1) is 0 Å². The van der Waals surface area contributed by atoms with Gasteiger partial charge in [0.25, 0.3) is 0 Å². The Morgan fingerprint density at radius 2 is 2.06 bits per heavy atom. The molecule has 0 aliphatic rings. The molecule has 0 heterocycles. The number of unbranched alkanes of at least 4 members (excludes halogenated alkanes) is 1. The Bertz CT molecular complexity index is 342. The van der Waals surface area contributed by atoms with Gasteiger partial charge in [-0.1, -0.05) is 25.3 Å². The number of ether oxygens (including phenoxy) is 2. The second-order valence-electron chi connectivity index (χ2n) is 3.73. The predicted octanol–water partition coefficient (Wildman–Crippen LogP) is 2.56. The van der Waals surface area contributed by atoms with Crippen LogP contribution in [0.2, 0.25) is 0 Å². The average Bonchev–Trinajstić information content (AvgIpc) is 2.35. The van der Waals surface area contributed by atoms with Gasteiger partial charge in [0.05, 0.1) is 7.11 Å². The van der Waals surface area contributed by atoms with Crippen molar-refractivity contribution in [2.75, 3.05) is 7.11 Å². The lowest BCUT2D eigenvalue weighted by Crippen LogP contribution is -2.17. The van der Waals surface area contributed by atoms with E-state index in [1.165, 1.54) is 20.1 Å².